The number of esters is 1. The minimum Gasteiger partial charge on any atom is -0.462 e. The summed E-state index contributed by atoms with van der Waals surface area (Å²) in [6.45, 7) is 0. The lowest BCUT2D eigenvalue weighted by atomic mass is 9.79. The van der Waals surface area contributed by atoms with Crippen molar-refractivity contribution in [3.63, 3.8) is 0 Å². The Balaban J connectivity index is 1.29. The lowest BCUT2D eigenvalue weighted by Crippen LogP contribution is -2.35. The fourth-order valence-corrected chi connectivity index (χ4v) is 5.19. The molecule has 2 amide bonds. The minimum atomic E-state index is -0.349. The summed E-state index contributed by atoms with van der Waals surface area (Å²) in [5.41, 5.74) is 1.58. The van der Waals surface area contributed by atoms with Crippen molar-refractivity contribution in [2.45, 2.75) is 18.9 Å². The normalized spacial score (nSPS) is 28.9. The summed E-state index contributed by atoms with van der Waals surface area (Å²) in [7, 11) is 0. The number of halogens is 1. The molecule has 0 radical (unpaired) electrons. The topological polar surface area (TPSA) is 84.5 Å². The van der Waals surface area contributed by atoms with Gasteiger partial charge < -0.3 is 15.4 Å². The number of nitrogens with one attached hydrogen (secondary N) is 2. The molecule has 2 saturated carbocycles. The van der Waals surface area contributed by atoms with Crippen LogP contribution in [0, 0.1) is 23.7 Å². The fraction of sp³-hybridized carbons (Fsp3) is 0.318. The first-order valence-electron chi connectivity index (χ1n) is 9.68. The molecule has 2 aromatic rings. The maximum atomic E-state index is 12.9. The number of rotatable bonds is 4. The Morgan fingerprint density at radius 2 is 1.79 bits per heavy atom. The molecule has 148 valence electrons. The van der Waals surface area contributed by atoms with E-state index >= 15 is 0 Å². The Morgan fingerprint density at radius 1 is 1.00 bits per heavy atom. The van der Waals surface area contributed by atoms with Crippen LogP contribution in [0.15, 0.2) is 48.5 Å². The van der Waals surface area contributed by atoms with Gasteiger partial charge in [-0.05, 0) is 61.2 Å². The fourth-order valence-electron chi connectivity index (χ4n) is 5.06. The lowest BCUT2D eigenvalue weighted by Gasteiger charge is -2.23. The first kappa shape index (κ1) is 18.2. The molecule has 29 heavy (non-hydrogen) atoms. The predicted molar refractivity (Wildman–Crippen MR) is 108 cm³/mol. The van der Waals surface area contributed by atoms with Crippen LogP contribution in [-0.2, 0) is 14.3 Å². The highest BCUT2D eigenvalue weighted by Gasteiger charge is 2.63. The van der Waals surface area contributed by atoms with Gasteiger partial charge in [-0.1, -0.05) is 17.7 Å². The van der Waals surface area contributed by atoms with E-state index in [1.54, 1.807) is 48.5 Å². The maximum absolute atomic E-state index is 12.9. The molecular weight excluding hydrogens is 392 g/mol. The maximum Gasteiger partial charge on any atom is 0.310 e. The van der Waals surface area contributed by atoms with E-state index < -0.39 is 0 Å². The van der Waals surface area contributed by atoms with Crippen molar-refractivity contribution in [2.75, 3.05) is 10.6 Å². The molecule has 6 nitrogen and oxygen atoms in total. The van der Waals surface area contributed by atoms with Gasteiger partial charge in [-0.25, -0.2) is 0 Å². The van der Waals surface area contributed by atoms with Crippen LogP contribution in [0.3, 0.4) is 0 Å². The van der Waals surface area contributed by atoms with Crippen LogP contribution in [0.1, 0.15) is 23.2 Å². The van der Waals surface area contributed by atoms with E-state index in [1.807, 2.05) is 0 Å². The van der Waals surface area contributed by atoms with E-state index in [9.17, 15) is 14.4 Å². The van der Waals surface area contributed by atoms with Crippen molar-refractivity contribution in [2.24, 2.45) is 23.7 Å². The Bertz CT molecular complexity index is 1000. The molecule has 7 heteroatoms. The van der Waals surface area contributed by atoms with E-state index in [-0.39, 0.29) is 47.6 Å². The summed E-state index contributed by atoms with van der Waals surface area (Å²) in [4.78, 5) is 37.6. The van der Waals surface area contributed by atoms with E-state index in [1.165, 1.54) is 0 Å². The summed E-state index contributed by atoms with van der Waals surface area (Å²) >= 11 is 5.86. The standard InChI is InChI=1S/C22H19ClN2O4/c23-13-4-6-14(7-5-13)24-20(26)11-2-1-3-15(8-11)25-21(27)18-12-9-16-17(10-12)29-22(28)19(16)18/h1-8,12,16-19H,9-10H2,(H,24,26)(H,25,27)/t12-,16-,17-,18-,19+/m1/s1. The zero-order valence-corrected chi connectivity index (χ0v) is 16.2. The number of benzene rings is 2. The molecule has 2 bridgehead atoms. The van der Waals surface area contributed by atoms with Gasteiger partial charge in [-0.3, -0.25) is 14.4 Å². The highest BCUT2D eigenvalue weighted by atomic mass is 35.5. The highest BCUT2D eigenvalue weighted by Crippen LogP contribution is 2.57. The molecule has 0 unspecified atom stereocenters. The Kier molecular flexibility index (Phi) is 4.32. The van der Waals surface area contributed by atoms with Crippen LogP contribution >= 0.6 is 11.6 Å². The summed E-state index contributed by atoms with van der Waals surface area (Å²) in [5.74, 6) is -0.998. The molecule has 2 aliphatic carbocycles. The van der Waals surface area contributed by atoms with Crippen LogP contribution in [0.5, 0.6) is 0 Å². The molecule has 3 aliphatic rings. The zero-order valence-electron chi connectivity index (χ0n) is 15.4. The second-order valence-electron chi connectivity index (χ2n) is 7.95. The van der Waals surface area contributed by atoms with Gasteiger partial charge in [-0.2, -0.15) is 0 Å². The van der Waals surface area contributed by atoms with Crippen molar-refractivity contribution in [3.05, 3.63) is 59.1 Å². The summed E-state index contributed by atoms with van der Waals surface area (Å²) in [6.07, 6.45) is 1.65. The first-order chi connectivity index (χ1) is 14.0. The molecule has 1 saturated heterocycles. The number of anilines is 2. The smallest absolute Gasteiger partial charge is 0.310 e. The Morgan fingerprint density at radius 3 is 2.59 bits per heavy atom. The number of hydrogen-bond donors (Lipinski definition) is 2. The average molecular weight is 411 g/mol. The summed E-state index contributed by atoms with van der Waals surface area (Å²) in [5, 5.41) is 6.28. The number of ether oxygens (including phenoxy) is 1. The van der Waals surface area contributed by atoms with E-state index in [0.717, 1.165) is 12.8 Å². The SMILES string of the molecule is O=C(Nc1ccc(Cl)cc1)c1cccc(NC(=O)[C@@H]2[C@@H]3C[C@H]4[C@@H]2C(=O)O[C@@H]4C3)c1. The zero-order chi connectivity index (χ0) is 20.1. The monoisotopic (exact) mass is 410 g/mol. The molecular formula is C22H19ClN2O4. The van der Waals surface area contributed by atoms with Crippen LogP contribution in [-0.4, -0.2) is 23.9 Å². The molecule has 5 atom stereocenters. The molecule has 0 spiro atoms. The summed E-state index contributed by atoms with van der Waals surface area (Å²) < 4.78 is 5.40. The third-order valence-electron chi connectivity index (χ3n) is 6.28. The van der Waals surface area contributed by atoms with Gasteiger partial charge in [0.25, 0.3) is 5.91 Å². The van der Waals surface area contributed by atoms with Gasteiger partial charge in [0, 0.05) is 27.9 Å². The third kappa shape index (κ3) is 3.17. The number of carbonyl (C=O) groups excluding carboxylic acids is 3. The van der Waals surface area contributed by atoms with Crippen molar-refractivity contribution in [1.82, 2.24) is 0 Å². The highest BCUT2D eigenvalue weighted by molar-refractivity contribution is 6.30. The van der Waals surface area contributed by atoms with E-state index in [4.69, 9.17) is 16.3 Å². The molecule has 2 N–H and O–H groups in total. The minimum absolute atomic E-state index is 0.00133. The van der Waals surface area contributed by atoms with Crippen LogP contribution in [0.25, 0.3) is 0 Å². The predicted octanol–water partition coefficient (Wildman–Crippen LogP) is 3.73. The van der Waals surface area contributed by atoms with Crippen molar-refractivity contribution in [3.8, 4) is 0 Å². The molecule has 0 aromatic heterocycles. The number of carbonyl (C=O) groups is 3. The van der Waals surface area contributed by atoms with Gasteiger partial charge in [0.2, 0.25) is 5.91 Å². The Labute approximate surface area is 172 Å². The van der Waals surface area contributed by atoms with E-state index in [2.05, 4.69) is 10.6 Å². The first-order valence-corrected chi connectivity index (χ1v) is 10.1. The molecule has 2 aromatic carbocycles. The number of amides is 2. The van der Waals surface area contributed by atoms with Gasteiger partial charge in [0.1, 0.15) is 6.10 Å². The number of fused-ring (bicyclic) bond motifs is 1. The van der Waals surface area contributed by atoms with Crippen molar-refractivity contribution >= 4 is 40.8 Å². The lowest BCUT2D eigenvalue weighted by molar-refractivity contribution is -0.145. The van der Waals surface area contributed by atoms with E-state index in [0.29, 0.717) is 22.0 Å². The summed E-state index contributed by atoms with van der Waals surface area (Å²) in [6, 6.07) is 13.6. The second-order valence-corrected chi connectivity index (χ2v) is 8.39. The Hall–Kier alpha value is -2.86. The van der Waals surface area contributed by atoms with Gasteiger partial charge in [-0.15, -0.1) is 0 Å². The van der Waals surface area contributed by atoms with Gasteiger partial charge in [0.15, 0.2) is 0 Å². The molecule has 1 aliphatic heterocycles. The molecule has 3 fully saturated rings. The second kappa shape index (κ2) is 6.88. The van der Waals surface area contributed by atoms with Crippen LogP contribution < -0.4 is 10.6 Å². The van der Waals surface area contributed by atoms with Gasteiger partial charge in [0.05, 0.1) is 11.8 Å². The largest absolute Gasteiger partial charge is 0.462 e. The third-order valence-corrected chi connectivity index (χ3v) is 6.53. The van der Waals surface area contributed by atoms with Crippen molar-refractivity contribution < 1.29 is 19.1 Å². The van der Waals surface area contributed by atoms with Crippen molar-refractivity contribution in [1.29, 1.82) is 0 Å². The van der Waals surface area contributed by atoms with Crippen LogP contribution in [0.2, 0.25) is 5.02 Å². The average Bonchev–Trinajstić information content (AvgIpc) is 3.32. The number of hydrogen-bond acceptors (Lipinski definition) is 4. The van der Waals surface area contributed by atoms with Crippen LogP contribution in [0.4, 0.5) is 11.4 Å². The van der Waals surface area contributed by atoms with Gasteiger partial charge >= 0.3 is 5.97 Å². The quantitative estimate of drug-likeness (QED) is 0.752. The molecule has 1 heterocycles. The molecule has 5 rings (SSSR count).